The van der Waals surface area contributed by atoms with Crippen LogP contribution in [0.2, 0.25) is 0 Å². The Balaban J connectivity index is 1.64. The van der Waals surface area contributed by atoms with Gasteiger partial charge in [0.05, 0.1) is 17.5 Å². The summed E-state index contributed by atoms with van der Waals surface area (Å²) in [6, 6.07) is 13.9. The first-order valence-corrected chi connectivity index (χ1v) is 10.4. The molecule has 0 spiro atoms. The quantitative estimate of drug-likeness (QED) is 0.309. The van der Waals surface area contributed by atoms with Crippen molar-refractivity contribution in [2.75, 3.05) is 17.2 Å². The van der Waals surface area contributed by atoms with Crippen LogP contribution in [0.25, 0.3) is 22.3 Å². The standard InChI is InChI=1S/C24H22N6O3/c1-2-19(33)29(16-6-4-3-5-7-16)13-24(10-11-24)30-23-20(22(25)26-14-27-23)21(28-30)15-8-9-17(31)18(32)12-15/h2-9,12,14,31-32H,1,10-11,13H2,(H2,25,26,27). The zero-order chi connectivity index (χ0) is 23.2. The fraction of sp³-hybridized carbons (Fsp3) is 0.167. The number of fused-ring (bicyclic) bond motifs is 1. The van der Waals surface area contributed by atoms with Crippen LogP contribution in [-0.2, 0) is 10.3 Å². The molecule has 4 N–H and O–H groups in total. The zero-order valence-electron chi connectivity index (χ0n) is 17.7. The highest BCUT2D eigenvalue weighted by Crippen LogP contribution is 2.47. The summed E-state index contributed by atoms with van der Waals surface area (Å²) in [5, 5.41) is 25.1. The maximum Gasteiger partial charge on any atom is 0.250 e. The molecule has 1 aliphatic rings. The maximum absolute atomic E-state index is 12.7. The number of nitrogens with two attached hydrogens (primary N) is 1. The number of aromatic hydroxyl groups is 2. The van der Waals surface area contributed by atoms with E-state index in [0.29, 0.717) is 28.8 Å². The summed E-state index contributed by atoms with van der Waals surface area (Å²) in [4.78, 5) is 23.0. The molecule has 2 aromatic heterocycles. The van der Waals surface area contributed by atoms with Crippen molar-refractivity contribution < 1.29 is 15.0 Å². The van der Waals surface area contributed by atoms with Crippen molar-refractivity contribution in [3.63, 3.8) is 0 Å². The van der Waals surface area contributed by atoms with Crippen LogP contribution in [0.1, 0.15) is 12.8 Å². The molecule has 0 atom stereocenters. The number of carbonyl (C=O) groups is 1. The van der Waals surface area contributed by atoms with Gasteiger partial charge in [0, 0.05) is 11.3 Å². The van der Waals surface area contributed by atoms with Gasteiger partial charge in [-0.3, -0.25) is 4.79 Å². The van der Waals surface area contributed by atoms with Crippen LogP contribution in [0, 0.1) is 0 Å². The molecule has 1 fully saturated rings. The van der Waals surface area contributed by atoms with E-state index in [1.807, 2.05) is 35.0 Å². The molecule has 2 aromatic carbocycles. The Morgan fingerprint density at radius 2 is 1.91 bits per heavy atom. The molecule has 33 heavy (non-hydrogen) atoms. The van der Waals surface area contributed by atoms with Gasteiger partial charge in [0.2, 0.25) is 5.91 Å². The maximum atomic E-state index is 12.7. The highest BCUT2D eigenvalue weighted by Gasteiger charge is 2.49. The summed E-state index contributed by atoms with van der Waals surface area (Å²) in [6.45, 7) is 4.03. The lowest BCUT2D eigenvalue weighted by Gasteiger charge is -2.27. The number of amides is 1. The minimum absolute atomic E-state index is 0.207. The van der Waals surface area contributed by atoms with Gasteiger partial charge in [0.1, 0.15) is 17.8 Å². The van der Waals surface area contributed by atoms with Gasteiger partial charge in [-0.2, -0.15) is 5.10 Å². The minimum Gasteiger partial charge on any atom is -0.504 e. The van der Waals surface area contributed by atoms with Crippen molar-refractivity contribution in [3.05, 3.63) is 67.5 Å². The smallest absolute Gasteiger partial charge is 0.250 e. The molecule has 5 rings (SSSR count). The number of carbonyl (C=O) groups excluding carboxylic acids is 1. The molecule has 1 aliphatic carbocycles. The summed E-state index contributed by atoms with van der Waals surface area (Å²) in [6.07, 6.45) is 4.27. The van der Waals surface area contributed by atoms with E-state index in [4.69, 9.17) is 10.8 Å². The topological polar surface area (TPSA) is 130 Å². The molecular formula is C24H22N6O3. The highest BCUT2D eigenvalue weighted by atomic mass is 16.3. The molecule has 0 unspecified atom stereocenters. The molecule has 4 aromatic rings. The Bertz CT molecular complexity index is 1380. The number of rotatable bonds is 6. The number of nitrogens with zero attached hydrogens (tertiary/aromatic N) is 5. The van der Waals surface area contributed by atoms with E-state index in [1.165, 1.54) is 24.5 Å². The Kier molecular flexibility index (Phi) is 4.74. The largest absolute Gasteiger partial charge is 0.504 e. The monoisotopic (exact) mass is 442 g/mol. The third-order valence-electron chi connectivity index (χ3n) is 5.98. The predicted molar refractivity (Wildman–Crippen MR) is 125 cm³/mol. The van der Waals surface area contributed by atoms with Crippen LogP contribution in [-0.4, -0.2) is 42.4 Å². The second kappa shape index (κ2) is 7.63. The second-order valence-electron chi connectivity index (χ2n) is 8.11. The summed E-state index contributed by atoms with van der Waals surface area (Å²) in [5.41, 5.74) is 8.09. The van der Waals surface area contributed by atoms with Crippen molar-refractivity contribution in [2.24, 2.45) is 0 Å². The van der Waals surface area contributed by atoms with Crippen molar-refractivity contribution in [3.8, 4) is 22.8 Å². The van der Waals surface area contributed by atoms with Crippen molar-refractivity contribution in [2.45, 2.75) is 18.4 Å². The van der Waals surface area contributed by atoms with Crippen LogP contribution in [0.3, 0.4) is 0 Å². The lowest BCUT2D eigenvalue weighted by molar-refractivity contribution is -0.114. The first-order chi connectivity index (χ1) is 15.9. The molecule has 1 saturated carbocycles. The third-order valence-corrected chi connectivity index (χ3v) is 5.98. The van der Waals surface area contributed by atoms with E-state index in [0.717, 1.165) is 18.5 Å². The molecule has 0 aliphatic heterocycles. The number of hydrogen-bond donors (Lipinski definition) is 3. The molecule has 166 valence electrons. The summed E-state index contributed by atoms with van der Waals surface area (Å²) in [5.74, 6) is -0.446. The fourth-order valence-corrected chi connectivity index (χ4v) is 4.07. The van der Waals surface area contributed by atoms with Crippen LogP contribution < -0.4 is 10.6 Å². The number of phenols is 2. The van der Waals surface area contributed by atoms with Gasteiger partial charge < -0.3 is 20.8 Å². The Labute approximate surface area is 189 Å². The Morgan fingerprint density at radius 1 is 1.15 bits per heavy atom. The van der Waals surface area contributed by atoms with Crippen LogP contribution in [0.15, 0.2) is 67.5 Å². The minimum atomic E-state index is -0.481. The van der Waals surface area contributed by atoms with Gasteiger partial charge in [0.15, 0.2) is 17.1 Å². The van der Waals surface area contributed by atoms with E-state index in [2.05, 4.69) is 16.5 Å². The van der Waals surface area contributed by atoms with Gasteiger partial charge in [-0.1, -0.05) is 24.8 Å². The number of para-hydroxylation sites is 1. The third kappa shape index (κ3) is 3.43. The SMILES string of the molecule is C=CC(=O)N(CC1(n2nc(-c3ccc(O)c(O)c3)c3c(N)ncnc32)CC1)c1ccccc1. The van der Waals surface area contributed by atoms with E-state index in [-0.39, 0.29) is 23.2 Å². The molecule has 9 heteroatoms. The zero-order valence-corrected chi connectivity index (χ0v) is 17.7. The van der Waals surface area contributed by atoms with Crippen LogP contribution in [0.5, 0.6) is 11.5 Å². The predicted octanol–water partition coefficient (Wildman–Crippen LogP) is 3.20. The molecule has 0 saturated heterocycles. The molecule has 2 heterocycles. The van der Waals surface area contributed by atoms with Gasteiger partial charge in [-0.05, 0) is 49.2 Å². The normalized spacial score (nSPS) is 14.2. The average molecular weight is 442 g/mol. The van der Waals surface area contributed by atoms with Gasteiger partial charge in [0.25, 0.3) is 0 Å². The van der Waals surface area contributed by atoms with E-state index >= 15 is 0 Å². The highest BCUT2D eigenvalue weighted by molar-refractivity contribution is 6.01. The lowest BCUT2D eigenvalue weighted by atomic mass is 10.1. The number of anilines is 2. The number of nitrogen functional groups attached to an aromatic ring is 1. The molecular weight excluding hydrogens is 420 g/mol. The fourth-order valence-electron chi connectivity index (χ4n) is 4.07. The first kappa shape index (κ1) is 20.5. The summed E-state index contributed by atoms with van der Waals surface area (Å²) in [7, 11) is 0. The number of phenolic OH excluding ortho intramolecular Hbond substituents is 2. The van der Waals surface area contributed by atoms with Crippen molar-refractivity contribution in [1.82, 2.24) is 19.7 Å². The Hall–Kier alpha value is -4.40. The molecule has 0 bridgehead atoms. The summed E-state index contributed by atoms with van der Waals surface area (Å²) >= 11 is 0. The van der Waals surface area contributed by atoms with Crippen molar-refractivity contribution >= 4 is 28.4 Å². The summed E-state index contributed by atoms with van der Waals surface area (Å²) < 4.78 is 1.81. The number of benzene rings is 2. The van der Waals surface area contributed by atoms with E-state index in [1.54, 1.807) is 11.0 Å². The van der Waals surface area contributed by atoms with Gasteiger partial charge in [-0.15, -0.1) is 0 Å². The Morgan fingerprint density at radius 3 is 2.58 bits per heavy atom. The molecule has 0 radical (unpaired) electrons. The van der Waals surface area contributed by atoms with Crippen LogP contribution >= 0.6 is 0 Å². The lowest BCUT2D eigenvalue weighted by Crippen LogP contribution is -2.39. The first-order valence-electron chi connectivity index (χ1n) is 10.4. The number of aromatic nitrogens is 4. The van der Waals surface area contributed by atoms with Gasteiger partial charge in [-0.25, -0.2) is 14.6 Å². The average Bonchev–Trinajstić information content (AvgIpc) is 3.50. The molecule has 9 nitrogen and oxygen atoms in total. The van der Waals surface area contributed by atoms with Crippen LogP contribution in [0.4, 0.5) is 11.5 Å². The van der Waals surface area contributed by atoms with Gasteiger partial charge >= 0.3 is 0 Å². The van der Waals surface area contributed by atoms with E-state index < -0.39 is 5.54 Å². The molecule has 1 amide bonds. The number of hydrogen-bond acceptors (Lipinski definition) is 7. The second-order valence-corrected chi connectivity index (χ2v) is 8.11. The van der Waals surface area contributed by atoms with Crippen molar-refractivity contribution in [1.29, 1.82) is 0 Å². The van der Waals surface area contributed by atoms with E-state index in [9.17, 15) is 15.0 Å².